The van der Waals surface area contributed by atoms with Crippen LogP contribution in [0.5, 0.6) is 0 Å². The lowest BCUT2D eigenvalue weighted by Crippen LogP contribution is -2.34. The van der Waals surface area contributed by atoms with Gasteiger partial charge in [-0.3, -0.25) is 4.98 Å². The number of pyridine rings is 1. The van der Waals surface area contributed by atoms with Crippen molar-refractivity contribution in [2.75, 3.05) is 18.5 Å². The topological polar surface area (TPSA) is 37.4 Å². The minimum absolute atomic E-state index is 0.199. The van der Waals surface area contributed by atoms with Gasteiger partial charge >= 0.3 is 0 Å². The molecule has 1 aliphatic rings. The van der Waals surface area contributed by atoms with Gasteiger partial charge in [0.25, 0.3) is 0 Å². The van der Waals surface area contributed by atoms with Crippen molar-refractivity contribution in [2.45, 2.75) is 13.2 Å². The molecule has 2 heterocycles. The highest BCUT2D eigenvalue weighted by molar-refractivity contribution is 7.80. The van der Waals surface area contributed by atoms with E-state index >= 15 is 0 Å². The molecule has 1 aliphatic heterocycles. The van der Waals surface area contributed by atoms with E-state index in [9.17, 15) is 0 Å². The van der Waals surface area contributed by atoms with Crippen LogP contribution in [0.15, 0.2) is 42.7 Å². The number of nitrogens with one attached hydrogen (secondary N) is 1. The maximum Gasteiger partial charge on any atom is 0.175 e. The Bertz CT molecular complexity index is 680. The molecular weight excluding hydrogens is 318 g/mol. The summed E-state index contributed by atoms with van der Waals surface area (Å²) in [6.45, 7) is 3.35. The van der Waals surface area contributed by atoms with Crippen molar-refractivity contribution in [3.05, 3.63) is 58.9 Å². The first-order valence-electron chi connectivity index (χ1n) is 7.00. The Morgan fingerprint density at radius 2 is 2.32 bits per heavy atom. The Balaban J connectivity index is 1.75. The lowest BCUT2D eigenvalue weighted by atomic mass is 10.2. The Hall–Kier alpha value is -1.69. The lowest BCUT2D eigenvalue weighted by Gasteiger charge is -2.26. The van der Waals surface area contributed by atoms with E-state index in [1.54, 1.807) is 12.4 Å². The van der Waals surface area contributed by atoms with Crippen LogP contribution in [0, 0.1) is 6.92 Å². The standard InChI is InChI=1S/C16H16ClN3OS/c1-11-4-5-13(9-14(11)17)19-16(22)20-7-8-21-15(20)12-3-2-6-18-10-12/h2-6,9-10,15H,7-8H2,1H3,(H,19,22)/t15-/m0/s1. The summed E-state index contributed by atoms with van der Waals surface area (Å²) in [6.07, 6.45) is 3.34. The van der Waals surface area contributed by atoms with E-state index in [1.807, 2.05) is 42.2 Å². The number of aryl methyl sites for hydroxylation is 1. The molecule has 1 aromatic carbocycles. The third-order valence-electron chi connectivity index (χ3n) is 3.54. The molecule has 22 heavy (non-hydrogen) atoms. The van der Waals surface area contributed by atoms with Crippen LogP contribution in [0.25, 0.3) is 0 Å². The van der Waals surface area contributed by atoms with Gasteiger partial charge in [0.1, 0.15) is 0 Å². The molecule has 0 aliphatic carbocycles. The van der Waals surface area contributed by atoms with E-state index in [4.69, 9.17) is 28.6 Å². The third-order valence-corrected chi connectivity index (χ3v) is 4.29. The van der Waals surface area contributed by atoms with Gasteiger partial charge in [0, 0.05) is 35.2 Å². The second-order valence-electron chi connectivity index (χ2n) is 5.10. The van der Waals surface area contributed by atoms with Crippen molar-refractivity contribution >= 4 is 34.6 Å². The highest BCUT2D eigenvalue weighted by Crippen LogP contribution is 2.27. The van der Waals surface area contributed by atoms with Gasteiger partial charge in [-0.25, -0.2) is 0 Å². The Morgan fingerprint density at radius 3 is 3.05 bits per heavy atom. The highest BCUT2D eigenvalue weighted by atomic mass is 35.5. The maximum atomic E-state index is 6.15. The van der Waals surface area contributed by atoms with Gasteiger partial charge in [-0.1, -0.05) is 23.7 Å². The normalized spacial score (nSPS) is 17.5. The SMILES string of the molecule is Cc1ccc(NC(=S)N2CCO[C@H]2c2cccnc2)cc1Cl. The molecule has 0 unspecified atom stereocenters. The van der Waals surface area contributed by atoms with Crippen molar-refractivity contribution < 1.29 is 4.74 Å². The van der Waals surface area contributed by atoms with Crippen LogP contribution in [0.4, 0.5) is 5.69 Å². The molecule has 0 amide bonds. The molecule has 1 fully saturated rings. The number of rotatable bonds is 2. The van der Waals surface area contributed by atoms with E-state index in [0.29, 0.717) is 16.7 Å². The molecule has 0 radical (unpaired) electrons. The van der Waals surface area contributed by atoms with Crippen molar-refractivity contribution in [2.24, 2.45) is 0 Å². The number of hydrogen-bond acceptors (Lipinski definition) is 3. The number of benzene rings is 1. The number of halogens is 1. The number of nitrogens with zero attached hydrogens (tertiary/aromatic N) is 2. The van der Waals surface area contributed by atoms with E-state index in [2.05, 4.69) is 10.3 Å². The number of aromatic nitrogens is 1. The summed E-state index contributed by atoms with van der Waals surface area (Å²) in [5.74, 6) is 0. The minimum Gasteiger partial charge on any atom is -0.352 e. The summed E-state index contributed by atoms with van der Waals surface area (Å²) >= 11 is 11.7. The molecule has 0 bridgehead atoms. The van der Waals surface area contributed by atoms with E-state index < -0.39 is 0 Å². The summed E-state index contributed by atoms with van der Waals surface area (Å²) in [6, 6.07) is 9.68. The van der Waals surface area contributed by atoms with Gasteiger partial charge in [0.2, 0.25) is 0 Å². The van der Waals surface area contributed by atoms with Crippen LogP contribution in [0.1, 0.15) is 17.4 Å². The zero-order chi connectivity index (χ0) is 15.5. The van der Waals surface area contributed by atoms with Gasteiger partial charge < -0.3 is 15.0 Å². The van der Waals surface area contributed by atoms with Crippen LogP contribution < -0.4 is 5.32 Å². The first kappa shape index (κ1) is 15.2. The van der Waals surface area contributed by atoms with Crippen LogP contribution in [0.3, 0.4) is 0 Å². The number of anilines is 1. The van der Waals surface area contributed by atoms with Crippen LogP contribution in [-0.2, 0) is 4.74 Å². The summed E-state index contributed by atoms with van der Waals surface area (Å²) in [5.41, 5.74) is 2.90. The van der Waals surface area contributed by atoms with Crippen molar-refractivity contribution in [1.82, 2.24) is 9.88 Å². The quantitative estimate of drug-likeness (QED) is 0.847. The van der Waals surface area contributed by atoms with Crippen LogP contribution in [-0.4, -0.2) is 28.1 Å². The average molecular weight is 334 g/mol. The molecule has 4 nitrogen and oxygen atoms in total. The predicted molar refractivity (Wildman–Crippen MR) is 92.0 cm³/mol. The molecule has 1 saturated heterocycles. The van der Waals surface area contributed by atoms with Gasteiger partial charge in [0.15, 0.2) is 11.3 Å². The summed E-state index contributed by atoms with van der Waals surface area (Å²) in [4.78, 5) is 6.15. The second kappa shape index (κ2) is 6.60. The van der Waals surface area contributed by atoms with Gasteiger partial charge in [-0.15, -0.1) is 0 Å². The van der Waals surface area contributed by atoms with Gasteiger partial charge in [0.05, 0.1) is 6.61 Å². The zero-order valence-corrected chi connectivity index (χ0v) is 13.7. The second-order valence-corrected chi connectivity index (χ2v) is 5.89. The van der Waals surface area contributed by atoms with E-state index in [-0.39, 0.29) is 6.23 Å². The number of thiocarbonyl (C=S) groups is 1. The first-order valence-corrected chi connectivity index (χ1v) is 7.79. The van der Waals surface area contributed by atoms with Crippen molar-refractivity contribution in [1.29, 1.82) is 0 Å². The Kier molecular flexibility index (Phi) is 4.57. The molecule has 6 heteroatoms. The summed E-state index contributed by atoms with van der Waals surface area (Å²) in [5, 5.41) is 4.56. The van der Waals surface area contributed by atoms with E-state index in [0.717, 1.165) is 23.4 Å². The Morgan fingerprint density at radius 1 is 1.45 bits per heavy atom. The molecule has 2 aromatic rings. The first-order chi connectivity index (χ1) is 10.6. The fourth-order valence-electron chi connectivity index (χ4n) is 2.34. The number of hydrogen-bond donors (Lipinski definition) is 1. The predicted octanol–water partition coefficient (Wildman–Crippen LogP) is 3.77. The summed E-state index contributed by atoms with van der Waals surface area (Å²) < 4.78 is 5.79. The number of ether oxygens (including phenoxy) is 1. The molecule has 0 saturated carbocycles. The fourth-order valence-corrected chi connectivity index (χ4v) is 2.83. The van der Waals surface area contributed by atoms with Crippen LogP contribution >= 0.6 is 23.8 Å². The molecule has 1 atom stereocenters. The molecule has 3 rings (SSSR count). The zero-order valence-electron chi connectivity index (χ0n) is 12.1. The van der Waals surface area contributed by atoms with Crippen molar-refractivity contribution in [3.8, 4) is 0 Å². The lowest BCUT2D eigenvalue weighted by molar-refractivity contribution is 0.0639. The Labute approximate surface area is 140 Å². The maximum absolute atomic E-state index is 6.15. The van der Waals surface area contributed by atoms with Gasteiger partial charge in [-0.05, 0) is 42.9 Å². The molecule has 1 N–H and O–H groups in total. The largest absolute Gasteiger partial charge is 0.352 e. The molecule has 114 valence electrons. The molecular formula is C16H16ClN3OS. The van der Waals surface area contributed by atoms with E-state index in [1.165, 1.54) is 0 Å². The highest BCUT2D eigenvalue weighted by Gasteiger charge is 2.29. The third kappa shape index (κ3) is 3.21. The molecule has 1 aromatic heterocycles. The van der Waals surface area contributed by atoms with Gasteiger partial charge in [-0.2, -0.15) is 0 Å². The fraction of sp³-hybridized carbons (Fsp3) is 0.250. The average Bonchev–Trinajstić information content (AvgIpc) is 3.01. The van der Waals surface area contributed by atoms with Crippen molar-refractivity contribution in [3.63, 3.8) is 0 Å². The smallest absolute Gasteiger partial charge is 0.175 e. The monoisotopic (exact) mass is 333 g/mol. The minimum atomic E-state index is -0.199. The summed E-state index contributed by atoms with van der Waals surface area (Å²) in [7, 11) is 0. The molecule has 0 spiro atoms. The van der Waals surface area contributed by atoms with Crippen LogP contribution in [0.2, 0.25) is 5.02 Å².